The molecule has 0 aliphatic carbocycles. The van der Waals surface area contributed by atoms with Crippen LogP contribution in [0.25, 0.3) is 16.8 Å². The first-order valence-electron chi connectivity index (χ1n) is 15.0. The van der Waals surface area contributed by atoms with Crippen LogP contribution < -0.4 is 16.4 Å². The van der Waals surface area contributed by atoms with Crippen LogP contribution >= 0.6 is 0 Å². The van der Waals surface area contributed by atoms with Crippen molar-refractivity contribution >= 4 is 46.4 Å². The molecule has 0 aliphatic heterocycles. The minimum atomic E-state index is -1.16. The molecule has 4 N–H and O–H groups in total. The smallest absolute Gasteiger partial charge is 0.408 e. The van der Waals surface area contributed by atoms with Gasteiger partial charge in [-0.25, -0.2) is 4.79 Å². The van der Waals surface area contributed by atoms with E-state index < -0.39 is 41.5 Å². The number of hydrogen-bond donors (Lipinski definition) is 3. The van der Waals surface area contributed by atoms with Crippen LogP contribution in [0.5, 0.6) is 0 Å². The number of nitrogens with two attached hydrogens (primary N) is 1. The quantitative estimate of drug-likeness (QED) is 0.186. The summed E-state index contributed by atoms with van der Waals surface area (Å²) in [5.41, 5.74) is 6.55. The second kappa shape index (κ2) is 15.7. The fourth-order valence-electron chi connectivity index (χ4n) is 4.90. The molecule has 234 valence electrons. The Morgan fingerprint density at radius 3 is 2.36 bits per heavy atom. The molecule has 2 atom stereocenters. The number of nitrogens with zero attached hydrogens (tertiary/aromatic N) is 1. The van der Waals surface area contributed by atoms with Crippen molar-refractivity contribution in [1.29, 1.82) is 0 Å². The van der Waals surface area contributed by atoms with E-state index in [9.17, 15) is 19.2 Å². The number of amides is 4. The predicted molar refractivity (Wildman–Crippen MR) is 175 cm³/mol. The molecule has 0 saturated heterocycles. The Balaban J connectivity index is 2.06. The summed E-state index contributed by atoms with van der Waals surface area (Å²) in [6.07, 6.45) is 3.00. The predicted octanol–water partition coefficient (Wildman–Crippen LogP) is 6.34. The Bertz CT molecular complexity index is 1480. The van der Waals surface area contributed by atoms with E-state index in [0.29, 0.717) is 17.7 Å². The Labute approximate surface area is 259 Å². The minimum Gasteiger partial charge on any atom is -0.444 e. The molecule has 9 heteroatoms. The monoisotopic (exact) mass is 600 g/mol. The van der Waals surface area contributed by atoms with Gasteiger partial charge in [0, 0.05) is 18.7 Å². The standard InChI is InChI=1S/C35H44N4O5/c1-6-8-11-21-39(33(42)29(19-20-30(36)40)38-34(43)44-35(3,4)5)31(27-16-12-13-24(7-2)22-27)32(41)37-28-18-17-25-14-9-10-15-26(25)23-28/h7,9-10,12-18,22-23,29,31H,2,6,8,11,19-21H2,1,3-5H3,(H2,36,40)(H,37,41)(H,38,43). The molecule has 4 amide bonds. The van der Waals surface area contributed by atoms with Crippen molar-refractivity contribution in [3.63, 3.8) is 0 Å². The average Bonchev–Trinajstić information content (AvgIpc) is 2.97. The maximum atomic E-state index is 14.4. The summed E-state index contributed by atoms with van der Waals surface area (Å²) in [7, 11) is 0. The van der Waals surface area contributed by atoms with Crippen LogP contribution in [-0.2, 0) is 19.1 Å². The molecule has 0 radical (unpaired) electrons. The fraction of sp³-hybridized carbons (Fsp3) is 0.371. The number of ether oxygens (including phenoxy) is 1. The first-order chi connectivity index (χ1) is 20.9. The van der Waals surface area contributed by atoms with E-state index in [1.54, 1.807) is 39.0 Å². The van der Waals surface area contributed by atoms with E-state index >= 15 is 0 Å². The van der Waals surface area contributed by atoms with E-state index in [0.717, 1.165) is 29.2 Å². The maximum absolute atomic E-state index is 14.4. The van der Waals surface area contributed by atoms with Gasteiger partial charge in [0.25, 0.3) is 5.91 Å². The topological polar surface area (TPSA) is 131 Å². The van der Waals surface area contributed by atoms with Crippen molar-refractivity contribution in [2.24, 2.45) is 5.73 Å². The van der Waals surface area contributed by atoms with Crippen molar-refractivity contribution in [3.05, 3.63) is 84.4 Å². The largest absolute Gasteiger partial charge is 0.444 e. The van der Waals surface area contributed by atoms with E-state index in [-0.39, 0.29) is 19.4 Å². The van der Waals surface area contributed by atoms with Gasteiger partial charge in [-0.3, -0.25) is 14.4 Å². The Hall–Kier alpha value is -4.66. The van der Waals surface area contributed by atoms with Gasteiger partial charge in [-0.2, -0.15) is 0 Å². The number of primary amides is 1. The molecule has 0 aliphatic rings. The first-order valence-corrected chi connectivity index (χ1v) is 15.0. The normalized spacial score (nSPS) is 12.5. The lowest BCUT2D eigenvalue weighted by Crippen LogP contribution is -2.52. The molecule has 3 rings (SSSR count). The summed E-state index contributed by atoms with van der Waals surface area (Å²) < 4.78 is 5.41. The zero-order valence-corrected chi connectivity index (χ0v) is 26.1. The molecular weight excluding hydrogens is 556 g/mol. The number of unbranched alkanes of at least 4 members (excludes halogenated alkanes) is 2. The molecule has 0 bridgehead atoms. The van der Waals surface area contributed by atoms with Crippen molar-refractivity contribution in [1.82, 2.24) is 10.2 Å². The second-order valence-electron chi connectivity index (χ2n) is 11.8. The molecule has 44 heavy (non-hydrogen) atoms. The van der Waals surface area contributed by atoms with Gasteiger partial charge in [0.05, 0.1) is 0 Å². The number of carbonyl (C=O) groups is 4. The molecular formula is C35H44N4O5. The fourth-order valence-corrected chi connectivity index (χ4v) is 4.90. The summed E-state index contributed by atoms with van der Waals surface area (Å²) in [6, 6.07) is 18.5. The Kier molecular flexibility index (Phi) is 12.1. The number of benzene rings is 3. The number of anilines is 1. The van der Waals surface area contributed by atoms with E-state index in [1.807, 2.05) is 61.5 Å². The summed E-state index contributed by atoms with van der Waals surface area (Å²) in [4.78, 5) is 54.6. The lowest BCUT2D eigenvalue weighted by molar-refractivity contribution is -0.141. The summed E-state index contributed by atoms with van der Waals surface area (Å²) in [6.45, 7) is 11.3. The third-order valence-electron chi connectivity index (χ3n) is 6.99. The van der Waals surface area contributed by atoms with Crippen LogP contribution in [0.4, 0.5) is 10.5 Å². The van der Waals surface area contributed by atoms with E-state index in [1.165, 1.54) is 4.90 Å². The summed E-state index contributed by atoms with van der Waals surface area (Å²) >= 11 is 0. The summed E-state index contributed by atoms with van der Waals surface area (Å²) in [5, 5.41) is 7.63. The molecule has 2 unspecified atom stereocenters. The molecule has 9 nitrogen and oxygen atoms in total. The molecule has 0 fully saturated rings. The zero-order chi connectivity index (χ0) is 32.3. The van der Waals surface area contributed by atoms with Crippen molar-refractivity contribution < 1.29 is 23.9 Å². The number of hydrogen-bond acceptors (Lipinski definition) is 5. The van der Waals surface area contributed by atoms with Crippen LogP contribution in [-0.4, -0.2) is 46.9 Å². The average molecular weight is 601 g/mol. The highest BCUT2D eigenvalue weighted by molar-refractivity contribution is 6.00. The third kappa shape index (κ3) is 9.97. The summed E-state index contributed by atoms with van der Waals surface area (Å²) in [5.74, 6) is -1.55. The van der Waals surface area contributed by atoms with E-state index in [2.05, 4.69) is 17.2 Å². The van der Waals surface area contributed by atoms with Gasteiger partial charge in [-0.1, -0.05) is 81.0 Å². The van der Waals surface area contributed by atoms with Crippen molar-refractivity contribution in [2.75, 3.05) is 11.9 Å². The van der Waals surface area contributed by atoms with Crippen LogP contribution in [0.3, 0.4) is 0 Å². The Morgan fingerprint density at radius 2 is 1.70 bits per heavy atom. The first kappa shape index (κ1) is 33.8. The van der Waals surface area contributed by atoms with Gasteiger partial charge in [-0.15, -0.1) is 0 Å². The molecule has 3 aromatic carbocycles. The van der Waals surface area contributed by atoms with Crippen LogP contribution in [0.2, 0.25) is 0 Å². The van der Waals surface area contributed by atoms with Gasteiger partial charge in [0.2, 0.25) is 11.8 Å². The SMILES string of the molecule is C=Cc1cccc(C(C(=O)Nc2ccc3ccccc3c2)N(CCCCC)C(=O)C(CCC(N)=O)NC(=O)OC(C)(C)C)c1. The number of alkyl carbamates (subject to hydrolysis) is 1. The molecule has 0 heterocycles. The molecule has 0 spiro atoms. The minimum absolute atomic E-state index is 0.0522. The highest BCUT2D eigenvalue weighted by atomic mass is 16.6. The maximum Gasteiger partial charge on any atom is 0.408 e. The lowest BCUT2D eigenvalue weighted by atomic mass is 9.99. The highest BCUT2D eigenvalue weighted by Gasteiger charge is 2.36. The van der Waals surface area contributed by atoms with Crippen LogP contribution in [0.15, 0.2) is 73.3 Å². The third-order valence-corrected chi connectivity index (χ3v) is 6.99. The van der Waals surface area contributed by atoms with E-state index in [4.69, 9.17) is 10.5 Å². The molecule has 0 saturated carbocycles. The lowest BCUT2D eigenvalue weighted by Gasteiger charge is -2.34. The number of carbonyl (C=O) groups excluding carboxylic acids is 4. The van der Waals surface area contributed by atoms with Gasteiger partial charge >= 0.3 is 6.09 Å². The number of nitrogens with one attached hydrogen (secondary N) is 2. The van der Waals surface area contributed by atoms with Crippen molar-refractivity contribution in [3.8, 4) is 0 Å². The Morgan fingerprint density at radius 1 is 0.977 bits per heavy atom. The zero-order valence-electron chi connectivity index (χ0n) is 26.1. The molecule has 0 aromatic heterocycles. The van der Waals surface area contributed by atoms with Crippen LogP contribution in [0.1, 0.15) is 77.0 Å². The number of fused-ring (bicyclic) bond motifs is 1. The van der Waals surface area contributed by atoms with Gasteiger partial charge in [0.1, 0.15) is 17.7 Å². The van der Waals surface area contributed by atoms with Gasteiger partial charge in [-0.05, 0) is 73.7 Å². The van der Waals surface area contributed by atoms with Crippen molar-refractivity contribution in [2.45, 2.75) is 77.5 Å². The molecule has 3 aromatic rings. The van der Waals surface area contributed by atoms with Crippen LogP contribution in [0, 0.1) is 0 Å². The van der Waals surface area contributed by atoms with Gasteiger partial charge < -0.3 is 26.0 Å². The van der Waals surface area contributed by atoms with Gasteiger partial charge in [0.15, 0.2) is 0 Å². The highest BCUT2D eigenvalue weighted by Crippen LogP contribution is 2.28. The number of rotatable bonds is 14. The second-order valence-corrected chi connectivity index (χ2v) is 11.8.